The molecule has 6 heteroatoms. The van der Waals surface area contributed by atoms with Crippen LogP contribution in [0.1, 0.15) is 59.9 Å². The molecule has 0 heterocycles. The fourth-order valence-electron chi connectivity index (χ4n) is 2.42. The molecule has 27 heavy (non-hydrogen) atoms. The zero-order chi connectivity index (χ0) is 20.7. The third kappa shape index (κ3) is 11.0. The van der Waals surface area contributed by atoms with Gasteiger partial charge < -0.3 is 9.47 Å². The summed E-state index contributed by atoms with van der Waals surface area (Å²) in [4.78, 5) is 26.1. The van der Waals surface area contributed by atoms with E-state index >= 15 is 0 Å². The molecule has 0 radical (unpaired) electrons. The third-order valence-electron chi connectivity index (χ3n) is 3.46. The molecule has 0 unspecified atom stereocenters. The molecule has 0 amide bonds. The minimum Gasteiger partial charge on any atom is -0.460 e. The van der Waals surface area contributed by atoms with Crippen molar-refractivity contribution in [2.45, 2.75) is 72.1 Å². The van der Waals surface area contributed by atoms with Gasteiger partial charge in [-0.15, -0.1) is 0 Å². The average Bonchev–Trinajstić information content (AvgIpc) is 2.48. The van der Waals surface area contributed by atoms with Crippen molar-refractivity contribution >= 4 is 23.5 Å². The molecule has 0 aliphatic heterocycles. The Morgan fingerprint density at radius 1 is 0.889 bits per heavy atom. The van der Waals surface area contributed by atoms with E-state index in [-0.39, 0.29) is 24.8 Å². The molecule has 5 nitrogen and oxygen atoms in total. The van der Waals surface area contributed by atoms with Gasteiger partial charge in [0.05, 0.1) is 12.8 Å². The fourth-order valence-corrected chi connectivity index (χ4v) is 2.62. The van der Waals surface area contributed by atoms with Gasteiger partial charge in [0.1, 0.15) is 11.2 Å². The molecule has 0 aliphatic carbocycles. The largest absolute Gasteiger partial charge is 0.460 e. The fraction of sp³-hybridized carbons (Fsp3) is 0.619. The number of hydrogen-bond acceptors (Lipinski definition) is 5. The summed E-state index contributed by atoms with van der Waals surface area (Å²) in [6, 6.07) is 7.56. The van der Waals surface area contributed by atoms with E-state index in [2.05, 4.69) is 0 Å². The van der Waals surface area contributed by atoms with Crippen LogP contribution in [0.25, 0.3) is 0 Å². The number of nitrogens with zero attached hydrogens (tertiary/aromatic N) is 1. The molecule has 1 rings (SSSR count). The summed E-state index contributed by atoms with van der Waals surface area (Å²) >= 11 is 6.26. The Balaban J connectivity index is 2.70. The first-order valence-electron chi connectivity index (χ1n) is 9.25. The number of ether oxygens (including phenoxy) is 2. The minimum absolute atomic E-state index is 0.246. The SMILES string of the molecule is CC(C)(C)OC(=O)CCN(CCC(=O)OC(C)(C)C)Cc1ccccc1Cl. The topological polar surface area (TPSA) is 55.8 Å². The highest BCUT2D eigenvalue weighted by Crippen LogP contribution is 2.18. The number of esters is 2. The van der Waals surface area contributed by atoms with E-state index in [1.807, 2.05) is 70.7 Å². The Morgan fingerprint density at radius 3 is 1.74 bits per heavy atom. The van der Waals surface area contributed by atoms with E-state index in [0.29, 0.717) is 24.7 Å². The Hall–Kier alpha value is -1.59. The Morgan fingerprint density at radius 2 is 1.33 bits per heavy atom. The summed E-state index contributed by atoms with van der Waals surface area (Å²) in [7, 11) is 0. The van der Waals surface area contributed by atoms with Crippen molar-refractivity contribution in [3.05, 3.63) is 34.9 Å². The summed E-state index contributed by atoms with van der Waals surface area (Å²) in [6.45, 7) is 12.6. The zero-order valence-electron chi connectivity index (χ0n) is 17.3. The van der Waals surface area contributed by atoms with Crippen LogP contribution in [0.5, 0.6) is 0 Å². The highest BCUT2D eigenvalue weighted by atomic mass is 35.5. The monoisotopic (exact) mass is 397 g/mol. The van der Waals surface area contributed by atoms with Gasteiger partial charge in [0.2, 0.25) is 0 Å². The predicted molar refractivity (Wildman–Crippen MR) is 108 cm³/mol. The molecule has 0 N–H and O–H groups in total. The maximum Gasteiger partial charge on any atom is 0.307 e. The van der Waals surface area contributed by atoms with Gasteiger partial charge in [-0.1, -0.05) is 29.8 Å². The quantitative estimate of drug-likeness (QED) is 0.600. The van der Waals surface area contributed by atoms with Crippen LogP contribution in [0.15, 0.2) is 24.3 Å². The second-order valence-corrected chi connectivity index (χ2v) is 8.95. The van der Waals surface area contributed by atoms with Gasteiger partial charge in [-0.25, -0.2) is 0 Å². The average molecular weight is 398 g/mol. The van der Waals surface area contributed by atoms with Crippen molar-refractivity contribution < 1.29 is 19.1 Å². The number of rotatable bonds is 8. The van der Waals surface area contributed by atoms with E-state index in [9.17, 15) is 9.59 Å². The smallest absolute Gasteiger partial charge is 0.307 e. The van der Waals surface area contributed by atoms with Crippen LogP contribution in [0, 0.1) is 0 Å². The van der Waals surface area contributed by atoms with Crippen molar-refractivity contribution in [3.63, 3.8) is 0 Å². The summed E-state index contributed by atoms with van der Waals surface area (Å²) < 4.78 is 10.7. The van der Waals surface area contributed by atoms with Crippen LogP contribution in [-0.2, 0) is 25.6 Å². The van der Waals surface area contributed by atoms with Gasteiger partial charge in [0, 0.05) is 24.7 Å². The molecule has 0 bridgehead atoms. The second kappa shape index (κ2) is 10.1. The van der Waals surface area contributed by atoms with Gasteiger partial charge in [0.15, 0.2) is 0 Å². The molecule has 0 saturated carbocycles. The first-order chi connectivity index (χ1) is 12.4. The Labute approximate surface area is 168 Å². The molecule has 0 saturated heterocycles. The lowest BCUT2D eigenvalue weighted by Gasteiger charge is -2.25. The molecular formula is C21H32ClNO4. The van der Waals surface area contributed by atoms with Crippen LogP contribution < -0.4 is 0 Å². The Kier molecular flexibility index (Phi) is 8.76. The molecule has 0 aliphatic rings. The summed E-state index contributed by atoms with van der Waals surface area (Å²) in [5, 5.41) is 0.664. The minimum atomic E-state index is -0.513. The highest BCUT2D eigenvalue weighted by Gasteiger charge is 2.20. The molecule has 0 atom stereocenters. The summed E-state index contributed by atoms with van der Waals surface area (Å²) in [6.07, 6.45) is 0.492. The first kappa shape index (κ1) is 23.4. The lowest BCUT2D eigenvalue weighted by molar-refractivity contribution is -0.155. The lowest BCUT2D eigenvalue weighted by atomic mass is 10.2. The maximum atomic E-state index is 12.0. The van der Waals surface area contributed by atoms with Gasteiger partial charge in [-0.05, 0) is 53.2 Å². The van der Waals surface area contributed by atoms with E-state index in [1.54, 1.807) is 0 Å². The van der Waals surface area contributed by atoms with Crippen LogP contribution in [-0.4, -0.2) is 41.1 Å². The van der Waals surface area contributed by atoms with Crippen LogP contribution in [0.4, 0.5) is 0 Å². The van der Waals surface area contributed by atoms with Gasteiger partial charge in [-0.3, -0.25) is 14.5 Å². The summed E-state index contributed by atoms with van der Waals surface area (Å²) in [5.41, 5.74) is -0.0740. The van der Waals surface area contributed by atoms with Crippen molar-refractivity contribution in [1.82, 2.24) is 4.90 Å². The predicted octanol–water partition coefficient (Wildman–Crippen LogP) is 4.61. The third-order valence-corrected chi connectivity index (χ3v) is 3.82. The van der Waals surface area contributed by atoms with Crippen molar-refractivity contribution in [1.29, 1.82) is 0 Å². The van der Waals surface area contributed by atoms with Gasteiger partial charge >= 0.3 is 11.9 Å². The normalized spacial score (nSPS) is 12.1. The van der Waals surface area contributed by atoms with Crippen LogP contribution in [0.3, 0.4) is 0 Å². The first-order valence-corrected chi connectivity index (χ1v) is 9.63. The molecule has 0 spiro atoms. The maximum absolute atomic E-state index is 12.0. The number of hydrogen-bond donors (Lipinski definition) is 0. The molecule has 1 aromatic carbocycles. The van der Waals surface area contributed by atoms with Crippen molar-refractivity contribution in [2.24, 2.45) is 0 Å². The molecule has 152 valence electrons. The lowest BCUT2D eigenvalue weighted by Crippen LogP contribution is -2.32. The van der Waals surface area contributed by atoms with Crippen molar-refractivity contribution in [2.75, 3.05) is 13.1 Å². The van der Waals surface area contributed by atoms with Crippen LogP contribution in [0.2, 0.25) is 5.02 Å². The van der Waals surface area contributed by atoms with E-state index in [1.165, 1.54) is 0 Å². The molecule has 0 aromatic heterocycles. The van der Waals surface area contributed by atoms with E-state index < -0.39 is 11.2 Å². The Bertz CT molecular complexity index is 600. The van der Waals surface area contributed by atoms with Gasteiger partial charge in [0.25, 0.3) is 0 Å². The second-order valence-electron chi connectivity index (χ2n) is 8.54. The number of carbonyl (C=O) groups is 2. The van der Waals surface area contributed by atoms with E-state index in [0.717, 1.165) is 5.56 Å². The zero-order valence-corrected chi connectivity index (χ0v) is 18.1. The van der Waals surface area contributed by atoms with Crippen molar-refractivity contribution in [3.8, 4) is 0 Å². The summed E-state index contributed by atoms with van der Waals surface area (Å²) in [5.74, 6) is -0.521. The molecule has 0 fully saturated rings. The standard InChI is InChI=1S/C21H32ClNO4/c1-20(2,3)26-18(24)11-13-23(14-12-19(25)27-21(4,5)6)15-16-9-7-8-10-17(16)22/h7-10H,11-15H2,1-6H3. The number of carbonyl (C=O) groups excluding carboxylic acids is 2. The van der Waals surface area contributed by atoms with Crippen LogP contribution >= 0.6 is 11.6 Å². The highest BCUT2D eigenvalue weighted by molar-refractivity contribution is 6.31. The van der Waals surface area contributed by atoms with E-state index in [4.69, 9.17) is 21.1 Å². The number of halogens is 1. The number of benzene rings is 1. The molecular weight excluding hydrogens is 366 g/mol. The van der Waals surface area contributed by atoms with Gasteiger partial charge in [-0.2, -0.15) is 0 Å². The molecule has 1 aromatic rings.